The number of rotatable bonds is 10. The van der Waals surface area contributed by atoms with Gasteiger partial charge in [-0.25, -0.2) is 13.6 Å². The van der Waals surface area contributed by atoms with Gasteiger partial charge in [-0.3, -0.25) is 39.1 Å². The number of piperidine rings is 2. The molecule has 2 aromatic carbocycles. The van der Waals surface area contributed by atoms with Gasteiger partial charge in [-0.05, 0) is 49.8 Å². The molecule has 19 nitrogen and oxygen atoms in total. The van der Waals surface area contributed by atoms with Crippen molar-refractivity contribution in [2.45, 2.75) is 44.2 Å². The first-order valence-electron chi connectivity index (χ1n) is 21.0. The minimum absolute atomic E-state index is 0.0407. The second kappa shape index (κ2) is 16.4. The Balaban J connectivity index is 0.801. The number of nitrogens with two attached hydrogens (primary N) is 1. The van der Waals surface area contributed by atoms with Gasteiger partial charge in [0.1, 0.15) is 17.7 Å². The molecule has 0 radical (unpaired) electrons. The summed E-state index contributed by atoms with van der Waals surface area (Å²) in [5.41, 5.74) is 6.38. The number of nitrogens with zero attached hydrogens (tertiary/aromatic N) is 10. The van der Waals surface area contributed by atoms with Gasteiger partial charge < -0.3 is 35.6 Å². The predicted molar refractivity (Wildman–Crippen MR) is 220 cm³/mol. The predicted octanol–water partition coefficient (Wildman–Crippen LogP) is 1.38. The van der Waals surface area contributed by atoms with Crippen LogP contribution in [0.1, 0.15) is 63.3 Å². The Morgan fingerprint density at radius 3 is 2.37 bits per heavy atom. The van der Waals surface area contributed by atoms with Gasteiger partial charge in [0.15, 0.2) is 11.5 Å². The summed E-state index contributed by atoms with van der Waals surface area (Å²) in [7, 11) is 1.76. The molecule has 21 heteroatoms. The maximum Gasteiger partial charge on any atom is 0.320 e. The van der Waals surface area contributed by atoms with Crippen LogP contribution in [0.2, 0.25) is 0 Å². The minimum Gasteiger partial charge on any atom is -0.371 e. The molecule has 0 saturated carbocycles. The highest BCUT2D eigenvalue weighted by Crippen LogP contribution is 2.34. The molecule has 6 aliphatic heterocycles. The SMILES string of the molecule is CN1CCN([C@@H]2CCCN(c3nnc(C(N)=O)c(Nc4cc(F)c(N5CCN(CC6CCN(c7ccc8c(c7)C(=O)N(C7CCC(=O)NC7=O)C8=O)C6)CC5)cc4F)n3)C2)C1=O. The number of urea groups is 1. The van der Waals surface area contributed by atoms with E-state index in [1.165, 1.54) is 0 Å². The lowest BCUT2D eigenvalue weighted by Gasteiger charge is -2.37. The lowest BCUT2D eigenvalue weighted by atomic mass is 10.0. The first kappa shape index (κ1) is 40.9. The zero-order valence-electron chi connectivity index (χ0n) is 34.2. The van der Waals surface area contributed by atoms with Crippen molar-refractivity contribution in [3.8, 4) is 0 Å². The molecule has 3 aromatic rings. The number of anilines is 5. The molecule has 5 saturated heterocycles. The average Bonchev–Trinajstić information content (AvgIpc) is 3.94. The fraction of sp³-hybridized carbons (Fsp3) is 0.488. The lowest BCUT2D eigenvalue weighted by molar-refractivity contribution is -0.136. The molecule has 9 rings (SSSR count). The number of primary amides is 1. The molecule has 0 aliphatic carbocycles. The number of fused-ring (bicyclic) bond motifs is 1. The summed E-state index contributed by atoms with van der Waals surface area (Å²) in [6.45, 7) is 6.72. The molecule has 3 atom stereocenters. The van der Waals surface area contributed by atoms with E-state index in [2.05, 4.69) is 35.6 Å². The number of hydrogen-bond acceptors (Lipinski definition) is 14. The van der Waals surface area contributed by atoms with Crippen molar-refractivity contribution in [3.05, 3.63) is 58.8 Å². The van der Waals surface area contributed by atoms with Crippen molar-refractivity contribution in [3.63, 3.8) is 0 Å². The van der Waals surface area contributed by atoms with E-state index in [4.69, 9.17) is 5.73 Å². The summed E-state index contributed by atoms with van der Waals surface area (Å²) in [5.74, 6) is -4.22. The number of amides is 7. The van der Waals surface area contributed by atoms with Gasteiger partial charge in [0.2, 0.25) is 17.8 Å². The highest BCUT2D eigenvalue weighted by Gasteiger charge is 2.45. The van der Waals surface area contributed by atoms with E-state index < -0.39 is 47.2 Å². The van der Waals surface area contributed by atoms with Gasteiger partial charge in [-0.15, -0.1) is 10.2 Å². The zero-order valence-corrected chi connectivity index (χ0v) is 34.2. The number of nitrogens with one attached hydrogen (secondary N) is 2. The van der Waals surface area contributed by atoms with Crippen molar-refractivity contribution in [1.82, 2.24) is 40.1 Å². The van der Waals surface area contributed by atoms with Crippen LogP contribution in [0.4, 0.5) is 42.4 Å². The number of piperazine rings is 1. The van der Waals surface area contributed by atoms with Crippen LogP contribution in [0.15, 0.2) is 30.3 Å². The van der Waals surface area contributed by atoms with Crippen molar-refractivity contribution in [2.24, 2.45) is 11.7 Å². The van der Waals surface area contributed by atoms with Crippen LogP contribution in [0.5, 0.6) is 0 Å². The summed E-state index contributed by atoms with van der Waals surface area (Å²) in [5, 5.41) is 13.1. The van der Waals surface area contributed by atoms with Gasteiger partial charge >= 0.3 is 6.03 Å². The van der Waals surface area contributed by atoms with Crippen LogP contribution >= 0.6 is 0 Å². The quantitative estimate of drug-likeness (QED) is 0.246. The Hall–Kier alpha value is -6.51. The second-order valence-corrected chi connectivity index (χ2v) is 16.8. The number of imide groups is 2. The highest BCUT2D eigenvalue weighted by molar-refractivity contribution is 6.23. The maximum atomic E-state index is 15.8. The minimum atomic E-state index is -1.02. The average molecular weight is 856 g/mol. The zero-order chi connectivity index (χ0) is 43.4. The van der Waals surface area contributed by atoms with E-state index in [-0.39, 0.29) is 64.9 Å². The van der Waals surface area contributed by atoms with Crippen LogP contribution in [0.3, 0.4) is 0 Å². The van der Waals surface area contributed by atoms with Crippen LogP contribution in [-0.4, -0.2) is 161 Å². The first-order valence-corrected chi connectivity index (χ1v) is 21.0. The van der Waals surface area contributed by atoms with E-state index in [0.717, 1.165) is 61.6 Å². The topological polar surface area (TPSA) is 214 Å². The molecule has 0 bridgehead atoms. The number of hydrogen-bond donors (Lipinski definition) is 3. The molecule has 2 unspecified atom stereocenters. The van der Waals surface area contributed by atoms with Gasteiger partial charge in [0.25, 0.3) is 17.7 Å². The molecule has 62 heavy (non-hydrogen) atoms. The molecule has 7 amide bonds. The third-order valence-corrected chi connectivity index (χ3v) is 12.9. The van der Waals surface area contributed by atoms with Crippen molar-refractivity contribution in [2.75, 3.05) is 99.1 Å². The normalized spacial score (nSPS) is 23.5. The lowest BCUT2D eigenvalue weighted by Crippen LogP contribution is -2.54. The molecule has 6 aliphatic rings. The van der Waals surface area contributed by atoms with Crippen molar-refractivity contribution in [1.29, 1.82) is 0 Å². The maximum absolute atomic E-state index is 15.8. The van der Waals surface area contributed by atoms with E-state index >= 15 is 8.78 Å². The molecular weight excluding hydrogens is 809 g/mol. The molecule has 4 N–H and O–H groups in total. The van der Waals surface area contributed by atoms with Gasteiger partial charge in [0, 0.05) is 103 Å². The van der Waals surface area contributed by atoms with Crippen LogP contribution < -0.4 is 31.1 Å². The molecule has 7 heterocycles. The third-order valence-electron chi connectivity index (χ3n) is 12.9. The highest BCUT2D eigenvalue weighted by atomic mass is 19.1. The fourth-order valence-electron chi connectivity index (χ4n) is 9.51. The number of likely N-dealkylation sites (N-methyl/N-ethyl adjacent to an activating group) is 1. The summed E-state index contributed by atoms with van der Waals surface area (Å²) in [6.07, 6.45) is 2.62. The first-order chi connectivity index (χ1) is 29.8. The summed E-state index contributed by atoms with van der Waals surface area (Å²) < 4.78 is 31.5. The van der Waals surface area contributed by atoms with Crippen molar-refractivity contribution >= 4 is 64.4 Å². The molecule has 0 spiro atoms. The smallest absolute Gasteiger partial charge is 0.320 e. The van der Waals surface area contributed by atoms with Crippen LogP contribution in [0.25, 0.3) is 0 Å². The standard InChI is InChI=1S/C41H47F2N13O6/c1-50-11-16-55(41(50)62)25-3-2-9-54(22-25)40-47-36(34(35(44)58)48-49-40)45-30-18-29(43)32(19-28(30)42)52-14-12-51(13-15-52)20-23-8-10-53(21-23)24-4-5-26-27(17-24)39(61)56(38(26)60)31-6-7-33(57)46-37(31)59/h4-5,17-19,23,25,31H,2-3,6-16,20-22H2,1H3,(H2,44,58)(H,45,47,49)(H,46,57,59)/t23?,25-,31?/m1/s1. The van der Waals surface area contributed by atoms with Gasteiger partial charge in [-0.1, -0.05) is 0 Å². The number of carbonyl (C=O) groups excluding carboxylic acids is 6. The monoisotopic (exact) mass is 855 g/mol. The Morgan fingerprint density at radius 1 is 0.839 bits per heavy atom. The van der Waals surface area contributed by atoms with E-state index in [1.807, 2.05) is 15.9 Å². The number of carbonyl (C=O) groups is 6. The van der Waals surface area contributed by atoms with Crippen LogP contribution in [-0.2, 0) is 9.59 Å². The molecular formula is C41H47F2N13O6. The fourth-order valence-corrected chi connectivity index (χ4v) is 9.51. The summed E-state index contributed by atoms with van der Waals surface area (Å²) in [4.78, 5) is 92.7. The van der Waals surface area contributed by atoms with E-state index in [0.29, 0.717) is 58.3 Å². The number of halogens is 2. The molecule has 1 aromatic heterocycles. The second-order valence-electron chi connectivity index (χ2n) is 16.8. The summed E-state index contributed by atoms with van der Waals surface area (Å²) >= 11 is 0. The van der Waals surface area contributed by atoms with Gasteiger partial charge in [0.05, 0.1) is 28.5 Å². The van der Waals surface area contributed by atoms with Crippen LogP contribution in [0, 0.1) is 17.6 Å². The molecule has 5 fully saturated rings. The Labute approximate surface area is 355 Å². The third kappa shape index (κ3) is 7.68. The number of benzene rings is 2. The Bertz CT molecular complexity index is 2360. The molecule has 326 valence electrons. The number of aromatic nitrogens is 3. The Kier molecular flexibility index (Phi) is 10.8. The van der Waals surface area contributed by atoms with E-state index in [1.54, 1.807) is 29.0 Å². The van der Waals surface area contributed by atoms with E-state index in [9.17, 15) is 28.8 Å². The van der Waals surface area contributed by atoms with Gasteiger partial charge in [-0.2, -0.15) is 4.98 Å². The largest absolute Gasteiger partial charge is 0.371 e. The summed E-state index contributed by atoms with van der Waals surface area (Å²) in [6, 6.07) is 6.17. The Morgan fingerprint density at radius 2 is 1.63 bits per heavy atom. The van der Waals surface area contributed by atoms with Crippen molar-refractivity contribution < 1.29 is 37.5 Å².